The number of carboxylic acid groups (broad SMARTS) is 1. The Labute approximate surface area is 125 Å². The molecule has 0 radical (unpaired) electrons. The molecule has 0 aromatic carbocycles. The van der Waals surface area contributed by atoms with Gasteiger partial charge in [0, 0.05) is 18.3 Å². The van der Waals surface area contributed by atoms with Gasteiger partial charge in [0.2, 0.25) is 0 Å². The quantitative estimate of drug-likeness (QED) is 0.819. The molecule has 2 amide bonds. The highest BCUT2D eigenvalue weighted by molar-refractivity contribution is 7.99. The summed E-state index contributed by atoms with van der Waals surface area (Å²) in [6.07, 6.45) is 1.79. The maximum Gasteiger partial charge on any atom is 0.327 e. The highest BCUT2D eigenvalue weighted by Gasteiger charge is 2.38. The van der Waals surface area contributed by atoms with Crippen LogP contribution in [0.2, 0.25) is 0 Å². The molecule has 0 aliphatic carbocycles. The van der Waals surface area contributed by atoms with Gasteiger partial charge in [0.1, 0.15) is 6.04 Å². The summed E-state index contributed by atoms with van der Waals surface area (Å²) in [6, 6.07) is -0.619. The zero-order valence-corrected chi connectivity index (χ0v) is 13.7. The smallest absolute Gasteiger partial charge is 0.327 e. The van der Waals surface area contributed by atoms with Crippen molar-refractivity contribution in [1.29, 1.82) is 0 Å². The molecule has 20 heavy (non-hydrogen) atoms. The number of amides is 2. The van der Waals surface area contributed by atoms with Crippen LogP contribution in [0.15, 0.2) is 0 Å². The van der Waals surface area contributed by atoms with E-state index in [4.69, 9.17) is 0 Å². The lowest BCUT2D eigenvalue weighted by atomic mass is 10.1. The van der Waals surface area contributed by atoms with Crippen molar-refractivity contribution >= 4 is 23.8 Å². The lowest BCUT2D eigenvalue weighted by Gasteiger charge is -2.36. The zero-order valence-electron chi connectivity index (χ0n) is 12.8. The van der Waals surface area contributed by atoms with Gasteiger partial charge in [0.25, 0.3) is 0 Å². The van der Waals surface area contributed by atoms with E-state index >= 15 is 0 Å². The third kappa shape index (κ3) is 4.04. The van der Waals surface area contributed by atoms with Gasteiger partial charge >= 0.3 is 12.0 Å². The van der Waals surface area contributed by atoms with E-state index in [0.29, 0.717) is 24.1 Å². The van der Waals surface area contributed by atoms with Crippen LogP contribution >= 0.6 is 11.8 Å². The SMILES string of the molecule is CCC(CC)N(CC(C)C)C(=O)N1CSC[C@H]1C(=O)O. The molecule has 0 spiro atoms. The minimum absolute atomic E-state index is 0.121. The number of carbonyl (C=O) groups excluding carboxylic acids is 1. The van der Waals surface area contributed by atoms with Crippen molar-refractivity contribution in [2.24, 2.45) is 5.92 Å². The van der Waals surface area contributed by atoms with E-state index in [-0.39, 0.29) is 12.1 Å². The van der Waals surface area contributed by atoms with Crippen LogP contribution < -0.4 is 0 Å². The van der Waals surface area contributed by atoms with Gasteiger partial charge in [-0.15, -0.1) is 11.8 Å². The Balaban J connectivity index is 2.89. The maximum absolute atomic E-state index is 12.7. The second kappa shape index (κ2) is 7.76. The Hall–Kier alpha value is -0.910. The van der Waals surface area contributed by atoms with Gasteiger partial charge in [-0.3, -0.25) is 0 Å². The summed E-state index contributed by atoms with van der Waals surface area (Å²) >= 11 is 1.51. The molecule has 0 aromatic heterocycles. The monoisotopic (exact) mass is 302 g/mol. The third-order valence-corrected chi connectivity index (χ3v) is 4.62. The third-order valence-electron chi connectivity index (χ3n) is 3.60. The Morgan fingerprint density at radius 2 is 1.95 bits per heavy atom. The molecule has 1 atom stereocenters. The summed E-state index contributed by atoms with van der Waals surface area (Å²) in [4.78, 5) is 27.3. The number of hydrogen-bond acceptors (Lipinski definition) is 3. The number of nitrogens with zero attached hydrogens (tertiary/aromatic N) is 2. The Morgan fingerprint density at radius 1 is 1.35 bits per heavy atom. The fourth-order valence-corrected chi connectivity index (χ4v) is 3.65. The van der Waals surface area contributed by atoms with Crippen LogP contribution in [0.5, 0.6) is 0 Å². The van der Waals surface area contributed by atoms with E-state index in [9.17, 15) is 14.7 Å². The molecule has 116 valence electrons. The van der Waals surface area contributed by atoms with Gasteiger partial charge < -0.3 is 14.9 Å². The highest BCUT2D eigenvalue weighted by atomic mass is 32.2. The molecule has 1 N–H and O–H groups in total. The van der Waals surface area contributed by atoms with Gasteiger partial charge in [0.15, 0.2) is 0 Å². The Morgan fingerprint density at radius 3 is 2.40 bits per heavy atom. The van der Waals surface area contributed by atoms with Gasteiger partial charge in [-0.1, -0.05) is 27.7 Å². The van der Waals surface area contributed by atoms with Crippen LogP contribution in [0.3, 0.4) is 0 Å². The predicted molar refractivity (Wildman–Crippen MR) is 81.9 cm³/mol. The second-order valence-electron chi connectivity index (χ2n) is 5.62. The number of rotatable bonds is 6. The van der Waals surface area contributed by atoms with Crippen LogP contribution in [0.25, 0.3) is 0 Å². The largest absolute Gasteiger partial charge is 0.480 e. The topological polar surface area (TPSA) is 60.9 Å². The molecule has 0 unspecified atom stereocenters. The van der Waals surface area contributed by atoms with Crippen molar-refractivity contribution in [2.45, 2.75) is 52.6 Å². The van der Waals surface area contributed by atoms with E-state index in [2.05, 4.69) is 27.7 Å². The van der Waals surface area contributed by atoms with E-state index in [1.165, 1.54) is 16.7 Å². The van der Waals surface area contributed by atoms with E-state index in [1.807, 2.05) is 4.90 Å². The van der Waals surface area contributed by atoms with Crippen LogP contribution in [-0.2, 0) is 4.79 Å². The van der Waals surface area contributed by atoms with Crippen LogP contribution in [-0.4, -0.2) is 57.2 Å². The fraction of sp³-hybridized carbons (Fsp3) is 0.857. The van der Waals surface area contributed by atoms with Crippen molar-refractivity contribution < 1.29 is 14.7 Å². The number of thioether (sulfide) groups is 1. The van der Waals surface area contributed by atoms with Crippen molar-refractivity contribution in [3.63, 3.8) is 0 Å². The number of hydrogen-bond donors (Lipinski definition) is 1. The van der Waals surface area contributed by atoms with Crippen molar-refractivity contribution in [3.05, 3.63) is 0 Å². The first kappa shape index (κ1) is 17.1. The molecular formula is C14H26N2O3S. The predicted octanol–water partition coefficient (Wildman–Crippen LogP) is 2.71. The van der Waals surface area contributed by atoms with E-state index in [0.717, 1.165) is 12.8 Å². The summed E-state index contributed by atoms with van der Waals surface area (Å²) in [5.41, 5.74) is 0. The summed E-state index contributed by atoms with van der Waals surface area (Å²) in [7, 11) is 0. The van der Waals surface area contributed by atoms with Crippen molar-refractivity contribution in [2.75, 3.05) is 18.2 Å². The molecule has 6 heteroatoms. The first-order chi connectivity index (χ1) is 9.42. The van der Waals surface area contributed by atoms with Crippen LogP contribution in [0.1, 0.15) is 40.5 Å². The molecule has 1 rings (SSSR count). The maximum atomic E-state index is 12.7. The van der Waals surface area contributed by atoms with Gasteiger partial charge in [-0.05, 0) is 18.8 Å². The first-order valence-electron chi connectivity index (χ1n) is 7.30. The van der Waals surface area contributed by atoms with Gasteiger partial charge in [-0.2, -0.15) is 0 Å². The summed E-state index contributed by atoms with van der Waals surface area (Å²) in [5, 5.41) is 9.22. The number of aliphatic carboxylic acids is 1. The molecular weight excluding hydrogens is 276 g/mol. The highest BCUT2D eigenvalue weighted by Crippen LogP contribution is 2.24. The molecule has 5 nitrogen and oxygen atoms in total. The molecule has 1 aliphatic rings. The summed E-state index contributed by atoms with van der Waals surface area (Å²) in [6.45, 7) is 8.98. The number of urea groups is 1. The normalized spacial score (nSPS) is 18.9. The molecule has 1 heterocycles. The van der Waals surface area contributed by atoms with Crippen LogP contribution in [0, 0.1) is 5.92 Å². The Kier molecular flexibility index (Phi) is 6.65. The molecule has 1 fully saturated rings. The zero-order chi connectivity index (χ0) is 15.3. The summed E-state index contributed by atoms with van der Waals surface area (Å²) in [5.74, 6) is 0.430. The Bertz CT molecular complexity index is 345. The lowest BCUT2D eigenvalue weighted by Crippen LogP contribution is -2.52. The second-order valence-corrected chi connectivity index (χ2v) is 6.62. The number of carbonyl (C=O) groups is 2. The molecule has 1 aliphatic heterocycles. The van der Waals surface area contributed by atoms with E-state index in [1.54, 1.807) is 0 Å². The molecule has 0 bridgehead atoms. The number of carboxylic acids is 1. The van der Waals surface area contributed by atoms with Crippen LogP contribution in [0.4, 0.5) is 4.79 Å². The lowest BCUT2D eigenvalue weighted by molar-refractivity contribution is -0.141. The van der Waals surface area contributed by atoms with E-state index < -0.39 is 12.0 Å². The van der Waals surface area contributed by atoms with Crippen molar-refractivity contribution in [3.8, 4) is 0 Å². The van der Waals surface area contributed by atoms with Gasteiger partial charge in [-0.25, -0.2) is 9.59 Å². The average Bonchev–Trinajstić information content (AvgIpc) is 2.87. The molecule has 0 aromatic rings. The molecule has 0 saturated carbocycles. The average molecular weight is 302 g/mol. The minimum Gasteiger partial charge on any atom is -0.480 e. The minimum atomic E-state index is -0.905. The fourth-order valence-electron chi connectivity index (χ4n) is 2.51. The first-order valence-corrected chi connectivity index (χ1v) is 8.45. The molecule has 1 saturated heterocycles. The van der Waals surface area contributed by atoms with Gasteiger partial charge in [0.05, 0.1) is 5.88 Å². The van der Waals surface area contributed by atoms with Crippen molar-refractivity contribution in [1.82, 2.24) is 9.80 Å². The standard InChI is InChI=1S/C14H26N2O3S/c1-5-11(6-2)15(7-10(3)4)14(19)16-9-20-8-12(16)13(17)18/h10-12H,5-9H2,1-4H3,(H,17,18)/t12-/m0/s1. The summed E-state index contributed by atoms with van der Waals surface area (Å²) < 4.78 is 0.